The Labute approximate surface area is 248 Å². The molecule has 0 saturated heterocycles. The van der Waals surface area contributed by atoms with Crippen molar-refractivity contribution < 1.29 is 22.7 Å². The van der Waals surface area contributed by atoms with Crippen LogP contribution in [0.15, 0.2) is 78.9 Å². The van der Waals surface area contributed by atoms with Crippen molar-refractivity contribution in [1.82, 2.24) is 10.2 Å². The molecule has 3 aromatic rings. The van der Waals surface area contributed by atoms with E-state index in [0.29, 0.717) is 29.5 Å². The number of hydrogen-bond acceptors (Lipinski definition) is 5. The maximum absolute atomic E-state index is 14.1. The van der Waals surface area contributed by atoms with Gasteiger partial charge in [0.05, 0.1) is 18.6 Å². The highest BCUT2D eigenvalue weighted by Crippen LogP contribution is 2.23. The van der Waals surface area contributed by atoms with E-state index in [1.54, 1.807) is 48.5 Å². The van der Waals surface area contributed by atoms with Crippen LogP contribution in [-0.2, 0) is 32.6 Å². The summed E-state index contributed by atoms with van der Waals surface area (Å²) in [7, 11) is -3.85. The molecule has 2 atom stereocenters. The lowest BCUT2D eigenvalue weighted by atomic mass is 10.0. The molecule has 0 aliphatic rings. The summed E-state index contributed by atoms with van der Waals surface area (Å²) in [4.78, 5) is 29.2. The van der Waals surface area contributed by atoms with Crippen molar-refractivity contribution in [3.63, 3.8) is 0 Å². The topological polar surface area (TPSA) is 96.0 Å². The highest BCUT2D eigenvalue weighted by molar-refractivity contribution is 7.92. The van der Waals surface area contributed by atoms with E-state index in [2.05, 4.69) is 5.32 Å². The van der Waals surface area contributed by atoms with Gasteiger partial charge in [-0.25, -0.2) is 8.42 Å². The molecule has 0 aliphatic heterocycles. The van der Waals surface area contributed by atoms with Crippen LogP contribution in [0, 0.1) is 0 Å². The Hall–Kier alpha value is -3.56. The van der Waals surface area contributed by atoms with Gasteiger partial charge in [-0.2, -0.15) is 0 Å². The fourth-order valence-electron chi connectivity index (χ4n) is 4.27. The van der Waals surface area contributed by atoms with Crippen LogP contribution in [0.4, 0.5) is 5.69 Å². The van der Waals surface area contributed by atoms with Gasteiger partial charge < -0.3 is 15.0 Å². The minimum Gasteiger partial charge on any atom is -0.494 e. The quantitative estimate of drug-likeness (QED) is 0.279. The molecule has 0 spiro atoms. The minimum atomic E-state index is -3.85. The van der Waals surface area contributed by atoms with Crippen LogP contribution >= 0.6 is 11.6 Å². The minimum absolute atomic E-state index is 0.0856. The highest BCUT2D eigenvalue weighted by Gasteiger charge is 2.33. The molecule has 1 N–H and O–H groups in total. The van der Waals surface area contributed by atoms with E-state index in [1.807, 2.05) is 51.1 Å². The zero-order valence-electron chi connectivity index (χ0n) is 23.9. The number of anilines is 1. The smallest absolute Gasteiger partial charge is 0.244 e. The summed E-state index contributed by atoms with van der Waals surface area (Å²) >= 11 is 6.10. The second kappa shape index (κ2) is 14.9. The lowest BCUT2D eigenvalue weighted by Gasteiger charge is -2.34. The Bertz CT molecular complexity index is 1380. The number of halogens is 1. The van der Waals surface area contributed by atoms with Crippen LogP contribution < -0.4 is 14.4 Å². The van der Waals surface area contributed by atoms with Gasteiger partial charge >= 0.3 is 0 Å². The van der Waals surface area contributed by atoms with E-state index in [1.165, 1.54) is 4.90 Å². The van der Waals surface area contributed by atoms with Gasteiger partial charge in [0.2, 0.25) is 21.8 Å². The van der Waals surface area contributed by atoms with Crippen LogP contribution in [0.25, 0.3) is 0 Å². The predicted molar refractivity (Wildman–Crippen MR) is 164 cm³/mol. The lowest BCUT2D eigenvalue weighted by Crippen LogP contribution is -2.54. The van der Waals surface area contributed by atoms with Gasteiger partial charge in [0.15, 0.2) is 0 Å². The Kier molecular flexibility index (Phi) is 11.6. The molecule has 3 rings (SSSR count). The van der Waals surface area contributed by atoms with Crippen LogP contribution in [-0.4, -0.2) is 56.6 Å². The summed E-state index contributed by atoms with van der Waals surface area (Å²) in [6, 6.07) is 22.0. The number of benzene rings is 3. The number of nitrogens with one attached hydrogen (secondary N) is 1. The first-order valence-electron chi connectivity index (χ1n) is 13.6. The first-order chi connectivity index (χ1) is 19.5. The summed E-state index contributed by atoms with van der Waals surface area (Å²) in [5.74, 6) is -0.234. The molecule has 8 nitrogen and oxygen atoms in total. The molecule has 0 bridgehead atoms. The molecule has 0 aromatic heterocycles. The van der Waals surface area contributed by atoms with Crippen molar-refractivity contribution in [3.8, 4) is 5.75 Å². The molecular weight excluding hydrogens is 562 g/mol. The van der Waals surface area contributed by atoms with Gasteiger partial charge in [-0.1, -0.05) is 61.0 Å². The van der Waals surface area contributed by atoms with Gasteiger partial charge in [0.25, 0.3) is 0 Å². The van der Waals surface area contributed by atoms with E-state index in [-0.39, 0.29) is 24.9 Å². The Balaban J connectivity index is 2.03. The van der Waals surface area contributed by atoms with Crippen LogP contribution in [0.2, 0.25) is 5.02 Å². The summed E-state index contributed by atoms with van der Waals surface area (Å²) in [5.41, 5.74) is 1.95. The molecule has 0 fully saturated rings. The van der Waals surface area contributed by atoms with Crippen molar-refractivity contribution in [2.45, 2.75) is 52.2 Å². The van der Waals surface area contributed by atoms with E-state index in [0.717, 1.165) is 21.7 Å². The van der Waals surface area contributed by atoms with Crippen LogP contribution in [0.5, 0.6) is 5.75 Å². The number of amides is 2. The number of rotatable bonds is 14. The molecule has 0 radical (unpaired) electrons. The summed E-state index contributed by atoms with van der Waals surface area (Å²) in [5, 5.41) is 3.56. The van der Waals surface area contributed by atoms with Crippen molar-refractivity contribution in [1.29, 1.82) is 0 Å². The molecule has 2 amide bonds. The number of sulfonamides is 1. The molecule has 0 saturated carbocycles. The third-order valence-electron chi connectivity index (χ3n) is 6.65. The summed E-state index contributed by atoms with van der Waals surface area (Å²) < 4.78 is 32.3. The van der Waals surface area contributed by atoms with Crippen molar-refractivity contribution in [3.05, 3.63) is 95.0 Å². The average Bonchev–Trinajstić information content (AvgIpc) is 2.95. The van der Waals surface area contributed by atoms with Gasteiger partial charge in [-0.15, -0.1) is 0 Å². The fraction of sp³-hybridized carbons (Fsp3) is 0.355. The van der Waals surface area contributed by atoms with Crippen molar-refractivity contribution in [2.75, 3.05) is 23.7 Å². The zero-order chi connectivity index (χ0) is 30.0. The van der Waals surface area contributed by atoms with Crippen molar-refractivity contribution >= 4 is 39.1 Å². The third kappa shape index (κ3) is 9.50. The van der Waals surface area contributed by atoms with E-state index in [9.17, 15) is 18.0 Å². The van der Waals surface area contributed by atoms with E-state index in [4.69, 9.17) is 16.3 Å². The maximum Gasteiger partial charge on any atom is 0.244 e. The highest BCUT2D eigenvalue weighted by atomic mass is 35.5. The SMILES string of the molecule is CCOc1ccc(N(CC(=O)N(Cc2ccc(Cl)cc2)C(Cc2ccccc2)C(=O)NC(C)CC)S(C)(=O)=O)cc1. The first kappa shape index (κ1) is 32.0. The van der Waals surface area contributed by atoms with Crippen molar-refractivity contribution in [2.24, 2.45) is 0 Å². The summed E-state index contributed by atoms with van der Waals surface area (Å²) in [6.45, 7) is 5.79. The average molecular weight is 600 g/mol. The molecule has 0 heterocycles. The predicted octanol–water partition coefficient (Wildman–Crippen LogP) is 5.06. The number of carbonyl (C=O) groups is 2. The Morgan fingerprint density at radius 1 is 0.927 bits per heavy atom. The second-order valence-corrected chi connectivity index (χ2v) is 12.2. The number of nitrogens with zero attached hydrogens (tertiary/aromatic N) is 2. The third-order valence-corrected chi connectivity index (χ3v) is 8.05. The first-order valence-corrected chi connectivity index (χ1v) is 15.8. The van der Waals surface area contributed by atoms with Gasteiger partial charge in [-0.05, 0) is 67.8 Å². The van der Waals surface area contributed by atoms with Crippen LogP contribution in [0.3, 0.4) is 0 Å². The maximum atomic E-state index is 14.1. The number of carbonyl (C=O) groups excluding carboxylic acids is 2. The second-order valence-electron chi connectivity index (χ2n) is 9.87. The molecular formula is C31H38ClN3O5S. The van der Waals surface area contributed by atoms with E-state index >= 15 is 0 Å². The Morgan fingerprint density at radius 2 is 1.56 bits per heavy atom. The number of hydrogen-bond donors (Lipinski definition) is 1. The monoisotopic (exact) mass is 599 g/mol. The molecule has 2 unspecified atom stereocenters. The number of ether oxygens (including phenoxy) is 1. The zero-order valence-corrected chi connectivity index (χ0v) is 25.5. The van der Waals surface area contributed by atoms with E-state index < -0.39 is 28.5 Å². The fourth-order valence-corrected chi connectivity index (χ4v) is 5.25. The molecule has 0 aliphatic carbocycles. The van der Waals surface area contributed by atoms with Gasteiger partial charge in [-0.3, -0.25) is 13.9 Å². The lowest BCUT2D eigenvalue weighted by molar-refractivity contribution is -0.140. The van der Waals surface area contributed by atoms with Gasteiger partial charge in [0.1, 0.15) is 18.3 Å². The molecule has 41 heavy (non-hydrogen) atoms. The molecule has 220 valence electrons. The Morgan fingerprint density at radius 3 is 2.12 bits per heavy atom. The molecule has 10 heteroatoms. The van der Waals surface area contributed by atoms with Gasteiger partial charge in [0, 0.05) is 24.0 Å². The summed E-state index contributed by atoms with van der Waals surface area (Å²) in [6.07, 6.45) is 2.02. The normalized spacial score (nSPS) is 12.7. The molecule has 3 aromatic carbocycles. The standard InChI is InChI=1S/C31H38ClN3O5S/c1-5-23(3)33-31(37)29(20-24-10-8-7-9-11-24)34(21-25-12-14-26(32)15-13-25)30(36)22-35(41(4,38)39)27-16-18-28(19-17-27)40-6-2/h7-19,23,29H,5-6,20-22H2,1-4H3,(H,33,37). The van der Waals surface area contributed by atoms with Crippen LogP contribution in [0.1, 0.15) is 38.3 Å². The largest absolute Gasteiger partial charge is 0.494 e.